The monoisotopic (exact) mass is 388 g/mol. The number of carbonyl (C=O) groups is 1. The van der Waals surface area contributed by atoms with E-state index in [4.69, 9.17) is 9.47 Å². The summed E-state index contributed by atoms with van der Waals surface area (Å²) in [6, 6.07) is 0.621. The number of alkyl halides is 3. The van der Waals surface area contributed by atoms with E-state index in [2.05, 4.69) is 15.3 Å². The Morgan fingerprint density at radius 3 is 3.04 bits per heavy atom. The van der Waals surface area contributed by atoms with E-state index in [0.717, 1.165) is 31.5 Å². The number of morpholine rings is 1. The molecule has 1 N–H and O–H groups in total. The highest BCUT2D eigenvalue weighted by molar-refractivity contribution is 5.77. The number of aromatic nitrogens is 2. The fraction of sp³-hybridized carbons (Fsp3) is 0.706. The highest BCUT2D eigenvalue weighted by Crippen LogP contribution is 2.36. The fourth-order valence-corrected chi connectivity index (χ4v) is 3.78. The van der Waals surface area contributed by atoms with Crippen LogP contribution in [0.15, 0.2) is 12.3 Å². The van der Waals surface area contributed by atoms with Gasteiger partial charge in [0.05, 0.1) is 19.2 Å². The molecule has 27 heavy (non-hydrogen) atoms. The van der Waals surface area contributed by atoms with E-state index >= 15 is 0 Å². The molecule has 1 amide bonds. The van der Waals surface area contributed by atoms with Gasteiger partial charge in [-0.05, 0) is 18.9 Å². The maximum Gasteiger partial charge on any atom is 0.433 e. The molecule has 1 aromatic heterocycles. The molecule has 2 atom stereocenters. The molecule has 0 aromatic carbocycles. The van der Waals surface area contributed by atoms with E-state index < -0.39 is 17.5 Å². The summed E-state index contributed by atoms with van der Waals surface area (Å²) in [5.41, 5.74) is -1.64. The standard InChI is InChI=1S/C17H23F3N4O3/c1-26-10-14(25)22-12-4-2-3-6-16(12)11-24(8-9-27-16)15-21-7-5-13(23-15)17(18,19)20/h5,7,12H,2-4,6,8-11H2,1H3,(H,22,25)/t12-,16-/m1/s1. The zero-order valence-electron chi connectivity index (χ0n) is 15.1. The number of ether oxygens (including phenoxy) is 2. The fourth-order valence-electron chi connectivity index (χ4n) is 3.78. The third-order valence-corrected chi connectivity index (χ3v) is 5.01. The van der Waals surface area contributed by atoms with Crippen molar-refractivity contribution in [3.63, 3.8) is 0 Å². The molecule has 1 saturated heterocycles. The zero-order chi connectivity index (χ0) is 19.5. The van der Waals surface area contributed by atoms with Crippen LogP contribution < -0.4 is 10.2 Å². The molecular formula is C17H23F3N4O3. The van der Waals surface area contributed by atoms with E-state index in [1.54, 1.807) is 4.90 Å². The SMILES string of the molecule is COCC(=O)N[C@@H]1CCCC[C@@]12CN(c1nccc(C(F)(F)F)n1)CCO2. The van der Waals surface area contributed by atoms with Crippen LogP contribution in [0.1, 0.15) is 31.4 Å². The first kappa shape index (κ1) is 19.8. The normalized spacial score (nSPS) is 26.2. The van der Waals surface area contributed by atoms with Crippen LogP contribution in [-0.2, 0) is 20.4 Å². The topological polar surface area (TPSA) is 76.6 Å². The van der Waals surface area contributed by atoms with Gasteiger partial charge in [0.2, 0.25) is 11.9 Å². The van der Waals surface area contributed by atoms with E-state index in [1.807, 2.05) is 0 Å². The first-order valence-corrected chi connectivity index (χ1v) is 8.91. The Balaban J connectivity index is 1.80. The molecule has 0 radical (unpaired) electrons. The minimum Gasteiger partial charge on any atom is -0.375 e. The second kappa shape index (κ2) is 7.97. The molecule has 2 fully saturated rings. The Morgan fingerprint density at radius 2 is 2.30 bits per heavy atom. The number of nitrogens with zero attached hydrogens (tertiary/aromatic N) is 3. The molecule has 1 spiro atoms. The number of rotatable bonds is 4. The van der Waals surface area contributed by atoms with E-state index in [1.165, 1.54) is 7.11 Å². The molecule has 0 bridgehead atoms. The number of hydrogen-bond acceptors (Lipinski definition) is 6. The van der Waals surface area contributed by atoms with Crippen LogP contribution in [-0.4, -0.2) is 60.9 Å². The summed E-state index contributed by atoms with van der Waals surface area (Å²) in [5, 5.41) is 2.95. The third kappa shape index (κ3) is 4.49. The lowest BCUT2D eigenvalue weighted by atomic mass is 9.79. The Labute approximate surface area is 155 Å². The van der Waals surface area contributed by atoms with Crippen LogP contribution in [0.5, 0.6) is 0 Å². The van der Waals surface area contributed by atoms with Crippen LogP contribution in [0, 0.1) is 0 Å². The lowest BCUT2D eigenvalue weighted by molar-refractivity contribution is -0.141. The van der Waals surface area contributed by atoms with Crippen molar-refractivity contribution in [2.24, 2.45) is 0 Å². The van der Waals surface area contributed by atoms with Gasteiger partial charge in [-0.15, -0.1) is 0 Å². The van der Waals surface area contributed by atoms with Crippen LogP contribution in [0.4, 0.5) is 19.1 Å². The first-order valence-electron chi connectivity index (χ1n) is 8.91. The highest BCUT2D eigenvalue weighted by atomic mass is 19.4. The largest absolute Gasteiger partial charge is 0.433 e. The maximum atomic E-state index is 13.0. The van der Waals surface area contributed by atoms with Crippen molar-refractivity contribution in [2.45, 2.75) is 43.5 Å². The molecule has 1 aliphatic heterocycles. The number of methoxy groups -OCH3 is 1. The lowest BCUT2D eigenvalue weighted by Crippen LogP contribution is -2.64. The average molecular weight is 388 g/mol. The third-order valence-electron chi connectivity index (χ3n) is 5.01. The van der Waals surface area contributed by atoms with Gasteiger partial charge in [-0.2, -0.15) is 13.2 Å². The Morgan fingerprint density at radius 1 is 1.48 bits per heavy atom. The van der Waals surface area contributed by atoms with Gasteiger partial charge in [0.1, 0.15) is 17.9 Å². The molecule has 7 nitrogen and oxygen atoms in total. The molecule has 2 heterocycles. The smallest absolute Gasteiger partial charge is 0.375 e. The van der Waals surface area contributed by atoms with Gasteiger partial charge in [-0.25, -0.2) is 9.97 Å². The van der Waals surface area contributed by atoms with Gasteiger partial charge in [-0.3, -0.25) is 4.79 Å². The van der Waals surface area contributed by atoms with Crippen molar-refractivity contribution in [1.29, 1.82) is 0 Å². The van der Waals surface area contributed by atoms with Crippen LogP contribution in [0.3, 0.4) is 0 Å². The van der Waals surface area contributed by atoms with Gasteiger partial charge in [0.25, 0.3) is 0 Å². The van der Waals surface area contributed by atoms with E-state index in [0.29, 0.717) is 26.1 Å². The van der Waals surface area contributed by atoms with Gasteiger partial charge < -0.3 is 19.7 Å². The van der Waals surface area contributed by atoms with E-state index in [-0.39, 0.29) is 24.5 Å². The predicted molar refractivity (Wildman–Crippen MR) is 90.2 cm³/mol. The van der Waals surface area contributed by atoms with Crippen LogP contribution >= 0.6 is 0 Å². The van der Waals surface area contributed by atoms with Gasteiger partial charge in [0, 0.05) is 19.9 Å². The van der Waals surface area contributed by atoms with Crippen molar-refractivity contribution in [3.8, 4) is 0 Å². The summed E-state index contributed by atoms with van der Waals surface area (Å²) in [6.07, 6.45) is -0.0840. The number of carbonyl (C=O) groups excluding carboxylic acids is 1. The Bertz CT molecular complexity index is 669. The second-order valence-corrected chi connectivity index (χ2v) is 6.87. The molecule has 0 unspecified atom stereocenters. The minimum absolute atomic E-state index is 0.0278. The molecule has 1 aliphatic carbocycles. The Kier molecular flexibility index (Phi) is 5.85. The van der Waals surface area contributed by atoms with Crippen molar-refractivity contribution in [3.05, 3.63) is 18.0 Å². The summed E-state index contributed by atoms with van der Waals surface area (Å²) in [5.74, 6) is -0.208. The summed E-state index contributed by atoms with van der Waals surface area (Å²) in [4.78, 5) is 21.4. The molecule has 150 valence electrons. The maximum absolute atomic E-state index is 13.0. The van der Waals surface area contributed by atoms with Crippen LogP contribution in [0.25, 0.3) is 0 Å². The quantitative estimate of drug-likeness (QED) is 0.847. The van der Waals surface area contributed by atoms with Crippen molar-refractivity contribution < 1.29 is 27.4 Å². The molecule has 10 heteroatoms. The summed E-state index contributed by atoms with van der Waals surface area (Å²) < 4.78 is 49.8. The number of nitrogens with one attached hydrogen (secondary N) is 1. The van der Waals surface area contributed by atoms with Gasteiger partial charge in [0.15, 0.2) is 0 Å². The van der Waals surface area contributed by atoms with E-state index in [9.17, 15) is 18.0 Å². The van der Waals surface area contributed by atoms with Crippen molar-refractivity contribution >= 4 is 11.9 Å². The van der Waals surface area contributed by atoms with Crippen molar-refractivity contribution in [1.82, 2.24) is 15.3 Å². The number of anilines is 1. The highest BCUT2D eigenvalue weighted by Gasteiger charge is 2.46. The van der Waals surface area contributed by atoms with Crippen LogP contribution in [0.2, 0.25) is 0 Å². The summed E-state index contributed by atoms with van der Waals surface area (Å²) in [7, 11) is 1.44. The lowest BCUT2D eigenvalue weighted by Gasteiger charge is -2.49. The molecule has 2 aliphatic rings. The number of amides is 1. The minimum atomic E-state index is -4.52. The molecular weight excluding hydrogens is 365 g/mol. The Hall–Kier alpha value is -1.94. The zero-order valence-corrected chi connectivity index (χ0v) is 15.1. The second-order valence-electron chi connectivity index (χ2n) is 6.87. The average Bonchev–Trinajstić information content (AvgIpc) is 2.64. The van der Waals surface area contributed by atoms with Gasteiger partial charge in [-0.1, -0.05) is 12.8 Å². The molecule has 3 rings (SSSR count). The van der Waals surface area contributed by atoms with Crippen molar-refractivity contribution in [2.75, 3.05) is 38.3 Å². The molecule has 1 saturated carbocycles. The summed E-state index contributed by atoms with van der Waals surface area (Å²) >= 11 is 0. The molecule has 1 aromatic rings. The predicted octanol–water partition coefficient (Wildman–Crippen LogP) is 1.78. The first-order chi connectivity index (χ1) is 12.8. The number of hydrogen-bond donors (Lipinski definition) is 1. The summed E-state index contributed by atoms with van der Waals surface area (Å²) in [6.45, 7) is 0.997. The number of halogens is 3. The van der Waals surface area contributed by atoms with Gasteiger partial charge >= 0.3 is 6.18 Å².